The first-order chi connectivity index (χ1) is 8.58. The maximum Gasteiger partial charge on any atom is 0.328 e. The first-order valence-electron chi connectivity index (χ1n) is 6.40. The standard InChI is InChI=1S/C16H22O3/c1-11(8-14(18)19)6-7-16(5)12(2)9-13(17)10-15(16,3)4/h6-9H,10H2,1-5H3,(H,18,19). The molecule has 0 bridgehead atoms. The van der Waals surface area contributed by atoms with Gasteiger partial charge in [0.1, 0.15) is 0 Å². The predicted octanol–water partition coefficient (Wildman–Crippen LogP) is 3.53. The molecule has 104 valence electrons. The molecular formula is C16H22O3. The normalized spacial score (nSPS) is 27.5. The van der Waals surface area contributed by atoms with E-state index in [9.17, 15) is 9.59 Å². The Bertz CT molecular complexity index is 492. The molecule has 19 heavy (non-hydrogen) atoms. The summed E-state index contributed by atoms with van der Waals surface area (Å²) in [6, 6.07) is 0. The summed E-state index contributed by atoms with van der Waals surface area (Å²) in [5, 5.41) is 8.71. The van der Waals surface area contributed by atoms with Gasteiger partial charge in [0.15, 0.2) is 5.78 Å². The summed E-state index contributed by atoms with van der Waals surface area (Å²) in [6.45, 7) is 9.95. The second-order valence-corrected chi connectivity index (χ2v) is 6.12. The van der Waals surface area contributed by atoms with Gasteiger partial charge in [0.25, 0.3) is 0 Å². The molecular weight excluding hydrogens is 240 g/mol. The van der Waals surface area contributed by atoms with Crippen LogP contribution in [0.15, 0.2) is 35.5 Å². The zero-order chi connectivity index (χ0) is 14.8. The van der Waals surface area contributed by atoms with Crippen LogP contribution in [-0.4, -0.2) is 16.9 Å². The van der Waals surface area contributed by atoms with Crippen LogP contribution in [0.1, 0.15) is 41.0 Å². The van der Waals surface area contributed by atoms with Crippen LogP contribution in [0, 0.1) is 10.8 Å². The monoisotopic (exact) mass is 262 g/mol. The van der Waals surface area contributed by atoms with Gasteiger partial charge in [-0.3, -0.25) is 4.79 Å². The summed E-state index contributed by atoms with van der Waals surface area (Å²) in [6.07, 6.45) is 7.22. The SMILES string of the molecule is CC(C=CC1(C)C(C)=CC(=O)CC1(C)C)=CC(=O)O. The molecule has 1 aliphatic carbocycles. The molecule has 1 aliphatic rings. The van der Waals surface area contributed by atoms with Crippen molar-refractivity contribution in [2.75, 3.05) is 0 Å². The van der Waals surface area contributed by atoms with Crippen LogP contribution in [0.5, 0.6) is 0 Å². The van der Waals surface area contributed by atoms with Gasteiger partial charge in [0.05, 0.1) is 0 Å². The molecule has 0 aromatic carbocycles. The molecule has 3 heteroatoms. The molecule has 0 saturated heterocycles. The summed E-state index contributed by atoms with van der Waals surface area (Å²) in [7, 11) is 0. The highest BCUT2D eigenvalue weighted by atomic mass is 16.4. The highest BCUT2D eigenvalue weighted by Crippen LogP contribution is 2.50. The lowest BCUT2D eigenvalue weighted by Gasteiger charge is -2.45. The number of aliphatic carboxylic acids is 1. The van der Waals surface area contributed by atoms with E-state index in [4.69, 9.17) is 5.11 Å². The summed E-state index contributed by atoms with van der Waals surface area (Å²) in [5.41, 5.74) is 1.29. The van der Waals surface area contributed by atoms with Gasteiger partial charge in [0.2, 0.25) is 0 Å². The van der Waals surface area contributed by atoms with Crippen molar-refractivity contribution in [1.82, 2.24) is 0 Å². The van der Waals surface area contributed by atoms with Crippen molar-refractivity contribution in [2.24, 2.45) is 10.8 Å². The fraction of sp³-hybridized carbons (Fsp3) is 0.500. The maximum absolute atomic E-state index is 11.7. The van der Waals surface area contributed by atoms with Gasteiger partial charge in [-0.25, -0.2) is 4.79 Å². The van der Waals surface area contributed by atoms with Gasteiger partial charge in [-0.15, -0.1) is 0 Å². The van der Waals surface area contributed by atoms with Crippen LogP contribution < -0.4 is 0 Å². The average molecular weight is 262 g/mol. The molecule has 1 rings (SSSR count). The summed E-state index contributed by atoms with van der Waals surface area (Å²) in [4.78, 5) is 22.3. The van der Waals surface area contributed by atoms with E-state index >= 15 is 0 Å². The van der Waals surface area contributed by atoms with Crippen molar-refractivity contribution >= 4 is 11.8 Å². The van der Waals surface area contributed by atoms with Gasteiger partial charge in [-0.2, -0.15) is 0 Å². The van der Waals surface area contributed by atoms with Crippen LogP contribution in [0.4, 0.5) is 0 Å². The molecule has 0 radical (unpaired) electrons. The van der Waals surface area contributed by atoms with Crippen LogP contribution in [0.2, 0.25) is 0 Å². The Balaban J connectivity index is 3.15. The number of carboxylic acid groups (broad SMARTS) is 1. The molecule has 0 fully saturated rings. The van der Waals surface area contributed by atoms with E-state index in [1.165, 1.54) is 6.08 Å². The number of carbonyl (C=O) groups excluding carboxylic acids is 1. The van der Waals surface area contributed by atoms with E-state index < -0.39 is 5.97 Å². The Morgan fingerprint density at radius 2 is 1.95 bits per heavy atom. The van der Waals surface area contributed by atoms with Gasteiger partial charge in [-0.1, -0.05) is 38.5 Å². The minimum Gasteiger partial charge on any atom is -0.478 e. The zero-order valence-electron chi connectivity index (χ0n) is 12.3. The molecule has 0 aromatic heterocycles. The van der Waals surface area contributed by atoms with E-state index in [0.29, 0.717) is 12.0 Å². The summed E-state index contributed by atoms with van der Waals surface area (Å²) in [5.74, 6) is -0.788. The number of hydrogen-bond donors (Lipinski definition) is 1. The Hall–Kier alpha value is -1.64. The van der Waals surface area contributed by atoms with Crippen molar-refractivity contribution < 1.29 is 14.7 Å². The Morgan fingerprint density at radius 3 is 2.42 bits per heavy atom. The third-order valence-corrected chi connectivity index (χ3v) is 4.25. The van der Waals surface area contributed by atoms with Gasteiger partial charge in [-0.05, 0) is 30.9 Å². The van der Waals surface area contributed by atoms with Crippen LogP contribution in [0.3, 0.4) is 0 Å². The van der Waals surface area contributed by atoms with Crippen LogP contribution in [-0.2, 0) is 9.59 Å². The molecule has 0 heterocycles. The van der Waals surface area contributed by atoms with E-state index in [2.05, 4.69) is 20.8 Å². The maximum atomic E-state index is 11.7. The highest BCUT2D eigenvalue weighted by molar-refractivity contribution is 5.92. The third kappa shape index (κ3) is 3.22. The van der Waals surface area contributed by atoms with E-state index in [1.807, 2.05) is 19.1 Å². The average Bonchev–Trinajstić information content (AvgIpc) is 2.21. The number of carbonyl (C=O) groups is 2. The molecule has 1 N–H and O–H groups in total. The first-order valence-corrected chi connectivity index (χ1v) is 6.40. The third-order valence-electron chi connectivity index (χ3n) is 4.25. The second-order valence-electron chi connectivity index (χ2n) is 6.12. The molecule has 1 atom stereocenters. The molecule has 3 nitrogen and oxygen atoms in total. The van der Waals surface area contributed by atoms with E-state index in [1.54, 1.807) is 13.0 Å². The van der Waals surface area contributed by atoms with E-state index in [0.717, 1.165) is 5.57 Å². The van der Waals surface area contributed by atoms with Gasteiger partial charge in [0, 0.05) is 17.9 Å². The lowest BCUT2D eigenvalue weighted by molar-refractivity contribution is -0.131. The van der Waals surface area contributed by atoms with Crippen LogP contribution >= 0.6 is 0 Å². The van der Waals surface area contributed by atoms with Crippen molar-refractivity contribution in [1.29, 1.82) is 0 Å². The van der Waals surface area contributed by atoms with Gasteiger partial charge >= 0.3 is 5.97 Å². The summed E-state index contributed by atoms with van der Waals surface area (Å²) < 4.78 is 0. The Morgan fingerprint density at radius 1 is 1.37 bits per heavy atom. The molecule has 1 unspecified atom stereocenters. The molecule has 0 spiro atoms. The zero-order valence-corrected chi connectivity index (χ0v) is 12.3. The van der Waals surface area contributed by atoms with Crippen molar-refractivity contribution in [3.63, 3.8) is 0 Å². The van der Waals surface area contributed by atoms with Crippen molar-refractivity contribution in [3.8, 4) is 0 Å². The molecule has 0 amide bonds. The fourth-order valence-corrected chi connectivity index (χ4v) is 2.49. The number of carboxylic acids is 1. The highest BCUT2D eigenvalue weighted by Gasteiger charge is 2.44. The quantitative estimate of drug-likeness (QED) is 0.625. The lowest BCUT2D eigenvalue weighted by atomic mass is 9.58. The van der Waals surface area contributed by atoms with Crippen molar-refractivity contribution in [2.45, 2.75) is 41.0 Å². The predicted molar refractivity (Wildman–Crippen MR) is 75.8 cm³/mol. The largest absolute Gasteiger partial charge is 0.478 e. The Labute approximate surface area is 114 Å². The topological polar surface area (TPSA) is 54.4 Å². The number of allylic oxidation sites excluding steroid dienone is 5. The number of rotatable bonds is 3. The smallest absolute Gasteiger partial charge is 0.328 e. The second kappa shape index (κ2) is 5.16. The lowest BCUT2D eigenvalue weighted by Crippen LogP contribution is -2.39. The van der Waals surface area contributed by atoms with Crippen molar-refractivity contribution in [3.05, 3.63) is 35.5 Å². The fourth-order valence-electron chi connectivity index (χ4n) is 2.49. The minimum atomic E-state index is -0.947. The number of ketones is 1. The minimum absolute atomic E-state index is 0.158. The molecule has 0 aromatic rings. The van der Waals surface area contributed by atoms with Crippen LogP contribution in [0.25, 0.3) is 0 Å². The first kappa shape index (κ1) is 15.4. The van der Waals surface area contributed by atoms with Gasteiger partial charge < -0.3 is 5.11 Å². The Kier molecular flexibility index (Phi) is 4.18. The molecule has 0 aliphatic heterocycles. The summed E-state index contributed by atoms with van der Waals surface area (Å²) >= 11 is 0. The number of hydrogen-bond acceptors (Lipinski definition) is 2. The molecule has 0 saturated carbocycles. The van der Waals surface area contributed by atoms with E-state index in [-0.39, 0.29) is 16.6 Å².